The second-order valence-electron chi connectivity index (χ2n) is 5.70. The van der Waals surface area contributed by atoms with Crippen LogP contribution in [0.15, 0.2) is 0 Å². The minimum atomic E-state index is -4.26. The number of piperidine rings is 1. The second-order valence-corrected chi connectivity index (χ2v) is 5.70. The summed E-state index contributed by atoms with van der Waals surface area (Å²) >= 11 is 0. The Morgan fingerprint density at radius 2 is 1.60 bits per heavy atom. The van der Waals surface area contributed by atoms with Gasteiger partial charge in [0.05, 0.1) is 5.92 Å². The van der Waals surface area contributed by atoms with Crippen LogP contribution in [0.4, 0.5) is 13.2 Å². The first-order valence-corrected chi connectivity index (χ1v) is 7.00. The van der Waals surface area contributed by atoms with Crippen LogP contribution >= 0.6 is 12.4 Å². The molecule has 0 aromatic rings. The van der Waals surface area contributed by atoms with Gasteiger partial charge in [-0.05, 0) is 25.7 Å². The van der Waals surface area contributed by atoms with Crippen molar-refractivity contribution < 1.29 is 18.0 Å². The highest BCUT2D eigenvalue weighted by Gasteiger charge is 2.49. The maximum atomic E-state index is 13.0. The van der Waals surface area contributed by atoms with E-state index in [0.717, 1.165) is 6.42 Å². The highest BCUT2D eigenvalue weighted by molar-refractivity contribution is 5.85. The first-order chi connectivity index (χ1) is 8.89. The molecule has 0 spiro atoms. The minimum absolute atomic E-state index is 0. The number of nitrogens with two attached hydrogens (primary N) is 1. The molecule has 1 aliphatic carbocycles. The lowest BCUT2D eigenvalue weighted by molar-refractivity contribution is -0.201. The predicted molar refractivity (Wildman–Crippen MR) is 72.5 cm³/mol. The third-order valence-electron chi connectivity index (χ3n) is 4.35. The summed E-state index contributed by atoms with van der Waals surface area (Å²) < 4.78 is 39.0. The van der Waals surface area contributed by atoms with Crippen LogP contribution < -0.4 is 5.73 Å². The molecule has 118 valence electrons. The van der Waals surface area contributed by atoms with E-state index in [1.165, 1.54) is 0 Å². The van der Waals surface area contributed by atoms with Gasteiger partial charge in [-0.15, -0.1) is 12.4 Å². The SMILES string of the molecule is Cl.NC1CCN(C(=O)C2CCCCC2C(F)(F)F)CC1. The molecule has 2 atom stereocenters. The Morgan fingerprint density at radius 1 is 1.05 bits per heavy atom. The van der Waals surface area contributed by atoms with E-state index in [1.807, 2.05) is 0 Å². The Morgan fingerprint density at radius 3 is 2.15 bits per heavy atom. The van der Waals surface area contributed by atoms with Crippen LogP contribution in [0, 0.1) is 11.8 Å². The normalized spacial score (nSPS) is 28.9. The van der Waals surface area contributed by atoms with Gasteiger partial charge in [0.25, 0.3) is 0 Å². The van der Waals surface area contributed by atoms with Crippen LogP contribution in [0.2, 0.25) is 0 Å². The summed E-state index contributed by atoms with van der Waals surface area (Å²) in [5.41, 5.74) is 5.75. The van der Waals surface area contributed by atoms with E-state index in [9.17, 15) is 18.0 Å². The lowest BCUT2D eigenvalue weighted by atomic mass is 9.77. The molecule has 0 aromatic heterocycles. The van der Waals surface area contributed by atoms with Crippen molar-refractivity contribution in [2.75, 3.05) is 13.1 Å². The molecule has 0 bridgehead atoms. The molecule has 1 aliphatic heterocycles. The van der Waals surface area contributed by atoms with Crippen molar-refractivity contribution >= 4 is 18.3 Å². The van der Waals surface area contributed by atoms with Gasteiger partial charge >= 0.3 is 6.18 Å². The topological polar surface area (TPSA) is 46.3 Å². The van der Waals surface area contributed by atoms with E-state index >= 15 is 0 Å². The largest absolute Gasteiger partial charge is 0.392 e. The van der Waals surface area contributed by atoms with Crippen molar-refractivity contribution in [1.29, 1.82) is 0 Å². The van der Waals surface area contributed by atoms with Gasteiger partial charge in [0.2, 0.25) is 5.91 Å². The van der Waals surface area contributed by atoms with Gasteiger partial charge in [0, 0.05) is 25.0 Å². The van der Waals surface area contributed by atoms with Gasteiger partial charge in [-0.2, -0.15) is 13.2 Å². The summed E-state index contributed by atoms with van der Waals surface area (Å²) in [6.45, 7) is 1.00. The average Bonchev–Trinajstić information content (AvgIpc) is 2.38. The lowest BCUT2D eigenvalue weighted by Crippen LogP contribution is -2.49. The Balaban J connectivity index is 0.00000200. The fourth-order valence-electron chi connectivity index (χ4n) is 3.17. The summed E-state index contributed by atoms with van der Waals surface area (Å²) in [7, 11) is 0. The van der Waals surface area contributed by atoms with Crippen molar-refractivity contribution in [3.05, 3.63) is 0 Å². The fourth-order valence-corrected chi connectivity index (χ4v) is 3.17. The van der Waals surface area contributed by atoms with Crippen molar-refractivity contribution in [3.8, 4) is 0 Å². The number of rotatable bonds is 1. The molecule has 0 aromatic carbocycles. The highest BCUT2D eigenvalue weighted by Crippen LogP contribution is 2.42. The Bertz CT molecular complexity index is 330. The molecule has 1 amide bonds. The van der Waals surface area contributed by atoms with Gasteiger partial charge in [0.15, 0.2) is 0 Å². The predicted octanol–water partition coefficient (Wildman–Crippen LogP) is 2.73. The highest BCUT2D eigenvalue weighted by atomic mass is 35.5. The Labute approximate surface area is 123 Å². The number of likely N-dealkylation sites (tertiary alicyclic amines) is 1. The van der Waals surface area contributed by atoms with Crippen molar-refractivity contribution in [3.63, 3.8) is 0 Å². The van der Waals surface area contributed by atoms with E-state index in [0.29, 0.717) is 38.8 Å². The zero-order valence-corrected chi connectivity index (χ0v) is 12.2. The standard InChI is InChI=1S/C13H21F3N2O.ClH/c14-13(15,16)11-4-2-1-3-10(11)12(19)18-7-5-9(17)6-8-18;/h9-11H,1-8,17H2;1H. The molecule has 1 saturated carbocycles. The van der Waals surface area contributed by atoms with Crippen molar-refractivity contribution in [1.82, 2.24) is 4.90 Å². The molecule has 2 rings (SSSR count). The van der Waals surface area contributed by atoms with Crippen LogP contribution in [-0.2, 0) is 4.79 Å². The third-order valence-corrected chi connectivity index (χ3v) is 4.35. The summed E-state index contributed by atoms with van der Waals surface area (Å²) in [6, 6.07) is 0.0776. The van der Waals surface area contributed by atoms with Gasteiger partial charge in [-0.1, -0.05) is 12.8 Å². The molecule has 7 heteroatoms. The smallest absolute Gasteiger partial charge is 0.342 e. The van der Waals surface area contributed by atoms with Gasteiger partial charge in [-0.3, -0.25) is 4.79 Å². The number of carbonyl (C=O) groups excluding carboxylic acids is 1. The lowest BCUT2D eigenvalue weighted by Gasteiger charge is -2.38. The molecule has 20 heavy (non-hydrogen) atoms. The van der Waals surface area contributed by atoms with E-state index in [4.69, 9.17) is 5.73 Å². The molecule has 1 heterocycles. The number of carbonyl (C=O) groups is 1. The number of alkyl halides is 3. The molecule has 2 fully saturated rings. The van der Waals surface area contributed by atoms with Crippen LogP contribution in [0.5, 0.6) is 0 Å². The first-order valence-electron chi connectivity index (χ1n) is 7.00. The van der Waals surface area contributed by atoms with Gasteiger partial charge in [0.1, 0.15) is 0 Å². The second kappa shape index (κ2) is 6.98. The molecular weight excluding hydrogens is 293 g/mol. The molecule has 3 nitrogen and oxygen atoms in total. The van der Waals surface area contributed by atoms with Crippen LogP contribution in [-0.4, -0.2) is 36.1 Å². The van der Waals surface area contributed by atoms with Crippen molar-refractivity contribution in [2.24, 2.45) is 17.6 Å². The number of nitrogens with zero attached hydrogens (tertiary/aromatic N) is 1. The number of hydrogen-bond acceptors (Lipinski definition) is 2. The molecule has 2 aliphatic rings. The molecule has 2 N–H and O–H groups in total. The van der Waals surface area contributed by atoms with Crippen LogP contribution in [0.3, 0.4) is 0 Å². The van der Waals surface area contributed by atoms with Crippen LogP contribution in [0.25, 0.3) is 0 Å². The van der Waals surface area contributed by atoms with Gasteiger partial charge in [-0.25, -0.2) is 0 Å². The van der Waals surface area contributed by atoms with Crippen molar-refractivity contribution in [2.45, 2.75) is 50.7 Å². The Hall–Kier alpha value is -0.490. The summed E-state index contributed by atoms with van der Waals surface area (Å²) in [5.74, 6) is -2.64. The average molecular weight is 315 g/mol. The van der Waals surface area contributed by atoms with E-state index in [2.05, 4.69) is 0 Å². The number of amides is 1. The number of halogens is 4. The molecular formula is C13H22ClF3N2O. The Kier molecular flexibility index (Phi) is 6.13. The zero-order chi connectivity index (χ0) is 14.0. The van der Waals surface area contributed by atoms with E-state index < -0.39 is 18.0 Å². The number of hydrogen-bond donors (Lipinski definition) is 1. The zero-order valence-electron chi connectivity index (χ0n) is 11.4. The first kappa shape index (κ1) is 17.6. The maximum Gasteiger partial charge on any atom is 0.392 e. The molecule has 2 unspecified atom stereocenters. The quantitative estimate of drug-likeness (QED) is 0.809. The molecule has 0 radical (unpaired) electrons. The maximum absolute atomic E-state index is 13.0. The minimum Gasteiger partial charge on any atom is -0.342 e. The van der Waals surface area contributed by atoms with E-state index in [-0.39, 0.29) is 30.8 Å². The molecule has 1 saturated heterocycles. The van der Waals surface area contributed by atoms with Gasteiger partial charge < -0.3 is 10.6 Å². The summed E-state index contributed by atoms with van der Waals surface area (Å²) in [5, 5.41) is 0. The summed E-state index contributed by atoms with van der Waals surface area (Å²) in [6.07, 6.45) is -1.13. The third kappa shape index (κ3) is 4.01. The van der Waals surface area contributed by atoms with E-state index in [1.54, 1.807) is 4.90 Å². The fraction of sp³-hybridized carbons (Fsp3) is 0.923. The summed E-state index contributed by atoms with van der Waals surface area (Å²) in [4.78, 5) is 13.9. The van der Waals surface area contributed by atoms with Crippen LogP contribution in [0.1, 0.15) is 38.5 Å². The monoisotopic (exact) mass is 314 g/mol.